The molecule has 2 aromatic rings. The summed E-state index contributed by atoms with van der Waals surface area (Å²) >= 11 is 0. The minimum absolute atomic E-state index is 0.0603. The highest BCUT2D eigenvalue weighted by Crippen LogP contribution is 2.40. The number of nitrogens with zero attached hydrogens (tertiary/aromatic N) is 1. The molecule has 0 amide bonds. The number of rotatable bonds is 7. The Hall–Kier alpha value is -1.64. The Morgan fingerprint density at radius 1 is 0.893 bits per heavy atom. The van der Waals surface area contributed by atoms with E-state index in [1.165, 1.54) is 32.1 Å². The molecule has 0 radical (unpaired) electrons. The van der Waals surface area contributed by atoms with Crippen LogP contribution in [0.2, 0.25) is 0 Å². The van der Waals surface area contributed by atoms with E-state index in [9.17, 15) is 5.11 Å². The number of hydrogen-bond acceptors (Lipinski definition) is 2. The van der Waals surface area contributed by atoms with E-state index in [-0.39, 0.29) is 11.5 Å². The van der Waals surface area contributed by atoms with E-state index >= 15 is 0 Å². The Labute approximate surface area is 171 Å². The summed E-state index contributed by atoms with van der Waals surface area (Å²) < 4.78 is 0. The van der Waals surface area contributed by atoms with Gasteiger partial charge in [-0.1, -0.05) is 86.8 Å². The predicted molar refractivity (Wildman–Crippen MR) is 118 cm³/mol. The lowest BCUT2D eigenvalue weighted by Gasteiger charge is -2.47. The molecule has 0 spiro atoms. The van der Waals surface area contributed by atoms with Gasteiger partial charge < -0.3 is 10.0 Å². The summed E-state index contributed by atoms with van der Waals surface area (Å²) in [6.45, 7) is 7.82. The fraction of sp³-hybridized carbons (Fsp3) is 0.538. The van der Waals surface area contributed by atoms with Crippen molar-refractivity contribution in [3.05, 3.63) is 71.8 Å². The van der Waals surface area contributed by atoms with Gasteiger partial charge in [0.05, 0.1) is 0 Å². The lowest BCUT2D eigenvalue weighted by Crippen LogP contribution is -2.52. The second-order valence-electron chi connectivity index (χ2n) is 9.27. The van der Waals surface area contributed by atoms with Crippen molar-refractivity contribution in [1.29, 1.82) is 0 Å². The standard InChI is InChI=1S/C26H37NO/c1-21(20-27(4)25(2,3)22-14-8-5-9-15-22)26(28,23-16-10-6-11-17-23)24-18-12-7-13-19-24/h6-7,10-13,16-19,21-22,28H,5,8-9,14-15,20H2,1-4H3. The summed E-state index contributed by atoms with van der Waals surface area (Å²) in [6.07, 6.45) is 6.75. The zero-order valence-electron chi connectivity index (χ0n) is 18.1. The van der Waals surface area contributed by atoms with Crippen LogP contribution < -0.4 is 0 Å². The maximum absolute atomic E-state index is 12.0. The van der Waals surface area contributed by atoms with E-state index < -0.39 is 5.60 Å². The Kier molecular flexibility index (Phi) is 6.62. The van der Waals surface area contributed by atoms with Crippen molar-refractivity contribution in [1.82, 2.24) is 4.90 Å². The maximum Gasteiger partial charge on any atom is 0.118 e. The van der Waals surface area contributed by atoms with Crippen LogP contribution in [0, 0.1) is 11.8 Å². The highest BCUT2D eigenvalue weighted by atomic mass is 16.3. The monoisotopic (exact) mass is 379 g/mol. The van der Waals surface area contributed by atoms with Crippen molar-refractivity contribution >= 4 is 0 Å². The van der Waals surface area contributed by atoms with Crippen LogP contribution in [0.5, 0.6) is 0 Å². The average molecular weight is 380 g/mol. The minimum atomic E-state index is -1.00. The van der Waals surface area contributed by atoms with Crippen LogP contribution in [0.25, 0.3) is 0 Å². The van der Waals surface area contributed by atoms with Crippen molar-refractivity contribution in [3.63, 3.8) is 0 Å². The summed E-state index contributed by atoms with van der Waals surface area (Å²) in [5, 5.41) is 12.0. The van der Waals surface area contributed by atoms with E-state index in [0.717, 1.165) is 23.6 Å². The smallest absolute Gasteiger partial charge is 0.118 e. The third-order valence-electron chi connectivity index (χ3n) is 7.28. The second kappa shape index (κ2) is 8.80. The molecule has 0 heterocycles. The number of benzene rings is 2. The normalized spacial score (nSPS) is 17.6. The zero-order valence-corrected chi connectivity index (χ0v) is 18.1. The SMILES string of the molecule is CC(CN(C)C(C)(C)C1CCCCC1)C(O)(c1ccccc1)c1ccccc1. The van der Waals surface area contributed by atoms with Crippen molar-refractivity contribution in [2.24, 2.45) is 11.8 Å². The molecule has 1 aliphatic carbocycles. The lowest BCUT2D eigenvalue weighted by molar-refractivity contribution is -0.0175. The molecule has 2 nitrogen and oxygen atoms in total. The Balaban J connectivity index is 1.87. The molecule has 3 rings (SSSR count). The summed E-state index contributed by atoms with van der Waals surface area (Å²) in [6, 6.07) is 20.3. The topological polar surface area (TPSA) is 23.5 Å². The van der Waals surface area contributed by atoms with Crippen molar-refractivity contribution < 1.29 is 5.11 Å². The van der Waals surface area contributed by atoms with Gasteiger partial charge in [-0.25, -0.2) is 0 Å². The molecule has 28 heavy (non-hydrogen) atoms. The summed E-state index contributed by atoms with van der Waals surface area (Å²) in [7, 11) is 2.24. The molecule has 0 bridgehead atoms. The van der Waals surface area contributed by atoms with Gasteiger partial charge in [0.15, 0.2) is 0 Å². The zero-order chi connectivity index (χ0) is 20.2. The van der Waals surface area contributed by atoms with Gasteiger partial charge in [0.25, 0.3) is 0 Å². The summed E-state index contributed by atoms with van der Waals surface area (Å²) in [5.41, 5.74) is 1.08. The van der Waals surface area contributed by atoms with Gasteiger partial charge in [0.1, 0.15) is 5.60 Å². The van der Waals surface area contributed by atoms with Gasteiger partial charge in [-0.3, -0.25) is 0 Å². The van der Waals surface area contributed by atoms with Crippen LogP contribution in [0.15, 0.2) is 60.7 Å². The molecule has 1 unspecified atom stereocenters. The van der Waals surface area contributed by atoms with Gasteiger partial charge in [0, 0.05) is 18.0 Å². The molecule has 1 aliphatic rings. The highest BCUT2D eigenvalue weighted by Gasteiger charge is 2.41. The average Bonchev–Trinajstić information content (AvgIpc) is 2.74. The van der Waals surface area contributed by atoms with Crippen LogP contribution in [0.3, 0.4) is 0 Å². The van der Waals surface area contributed by atoms with E-state index in [0.29, 0.717) is 0 Å². The van der Waals surface area contributed by atoms with E-state index in [4.69, 9.17) is 0 Å². The molecule has 1 atom stereocenters. The molecule has 1 fully saturated rings. The van der Waals surface area contributed by atoms with Gasteiger partial charge in [0.2, 0.25) is 0 Å². The van der Waals surface area contributed by atoms with Gasteiger partial charge in [-0.05, 0) is 50.8 Å². The van der Waals surface area contributed by atoms with Gasteiger partial charge in [-0.15, -0.1) is 0 Å². The van der Waals surface area contributed by atoms with Crippen LogP contribution in [0.4, 0.5) is 0 Å². The quantitative estimate of drug-likeness (QED) is 0.652. The van der Waals surface area contributed by atoms with Crippen molar-refractivity contribution in [3.8, 4) is 0 Å². The molecule has 2 heteroatoms. The minimum Gasteiger partial charge on any atom is -0.380 e. The fourth-order valence-corrected chi connectivity index (χ4v) is 5.02. The second-order valence-corrected chi connectivity index (χ2v) is 9.27. The van der Waals surface area contributed by atoms with Crippen LogP contribution in [-0.4, -0.2) is 29.1 Å². The van der Waals surface area contributed by atoms with Crippen molar-refractivity contribution in [2.75, 3.05) is 13.6 Å². The fourth-order valence-electron chi connectivity index (χ4n) is 5.02. The molecular weight excluding hydrogens is 342 g/mol. The lowest BCUT2D eigenvalue weighted by atomic mass is 9.73. The first-order valence-corrected chi connectivity index (χ1v) is 10.9. The maximum atomic E-state index is 12.0. The summed E-state index contributed by atoms with van der Waals surface area (Å²) in [5.74, 6) is 0.796. The van der Waals surface area contributed by atoms with E-state index in [1.807, 2.05) is 36.4 Å². The third kappa shape index (κ3) is 4.18. The van der Waals surface area contributed by atoms with E-state index in [2.05, 4.69) is 57.0 Å². The van der Waals surface area contributed by atoms with Gasteiger partial charge in [-0.2, -0.15) is 0 Å². The third-order valence-corrected chi connectivity index (χ3v) is 7.28. The molecule has 1 N–H and O–H groups in total. The first-order valence-electron chi connectivity index (χ1n) is 10.9. The molecule has 0 aromatic heterocycles. The Bertz CT molecular complexity index is 679. The predicted octanol–water partition coefficient (Wildman–Crippen LogP) is 5.85. The van der Waals surface area contributed by atoms with Gasteiger partial charge >= 0.3 is 0 Å². The first kappa shape index (κ1) is 21.1. The number of hydrogen-bond donors (Lipinski definition) is 1. The summed E-state index contributed by atoms with van der Waals surface area (Å²) in [4.78, 5) is 2.49. The van der Waals surface area contributed by atoms with Crippen LogP contribution in [-0.2, 0) is 5.60 Å². The highest BCUT2D eigenvalue weighted by molar-refractivity contribution is 5.36. The van der Waals surface area contributed by atoms with Crippen LogP contribution >= 0.6 is 0 Å². The Morgan fingerprint density at radius 2 is 1.36 bits per heavy atom. The Morgan fingerprint density at radius 3 is 1.82 bits per heavy atom. The first-order chi connectivity index (χ1) is 13.4. The van der Waals surface area contributed by atoms with Crippen LogP contribution in [0.1, 0.15) is 64.0 Å². The number of aliphatic hydroxyl groups is 1. The molecule has 0 aliphatic heterocycles. The molecule has 1 saturated carbocycles. The molecule has 0 saturated heterocycles. The molecular formula is C26H37NO. The molecule has 152 valence electrons. The van der Waals surface area contributed by atoms with E-state index in [1.54, 1.807) is 0 Å². The van der Waals surface area contributed by atoms with Crippen molar-refractivity contribution in [2.45, 2.75) is 64.0 Å². The largest absolute Gasteiger partial charge is 0.380 e. The molecule has 2 aromatic carbocycles.